The number of hydrogen-bond donors (Lipinski definition) is 0. The normalized spacial score (nSPS) is 35.0. The van der Waals surface area contributed by atoms with Crippen LogP contribution in [0.15, 0.2) is 0 Å². The smallest absolute Gasteiger partial charge is 0.245 e. The molecule has 96 valence electrons. The molecule has 0 aromatic rings. The topological polar surface area (TPSA) is 40.6 Å². The average molecular weight is 279 g/mol. The molecule has 4 nitrogen and oxygen atoms in total. The molecule has 1 aliphatic carbocycles. The van der Waals surface area contributed by atoms with Crippen molar-refractivity contribution in [1.29, 1.82) is 0 Å². The van der Waals surface area contributed by atoms with E-state index in [4.69, 9.17) is 23.2 Å². The number of amides is 2. The first-order valence-corrected chi connectivity index (χ1v) is 6.36. The van der Waals surface area contributed by atoms with Crippen LogP contribution in [0.25, 0.3) is 0 Å². The lowest BCUT2D eigenvalue weighted by molar-refractivity contribution is -0.143. The van der Waals surface area contributed by atoms with Crippen molar-refractivity contribution in [2.24, 2.45) is 5.41 Å². The lowest BCUT2D eigenvalue weighted by Gasteiger charge is -2.26. The molecule has 0 aromatic heterocycles. The Bertz CT molecular complexity index is 386. The summed E-state index contributed by atoms with van der Waals surface area (Å²) in [5, 5.41) is 0. The largest absolute Gasteiger partial charge is 0.344 e. The van der Waals surface area contributed by atoms with E-state index in [-0.39, 0.29) is 17.9 Å². The van der Waals surface area contributed by atoms with E-state index in [0.29, 0.717) is 19.4 Å². The summed E-state index contributed by atoms with van der Waals surface area (Å²) in [7, 11) is 3.39. The van der Waals surface area contributed by atoms with E-state index < -0.39 is 9.75 Å². The molecular formula is C11H16Cl2N2O2. The van der Waals surface area contributed by atoms with Crippen molar-refractivity contribution < 1.29 is 9.59 Å². The number of rotatable bonds is 2. The van der Waals surface area contributed by atoms with Gasteiger partial charge in [0.15, 0.2) is 0 Å². The Kier molecular flexibility index (Phi) is 2.86. The van der Waals surface area contributed by atoms with Crippen LogP contribution in [0.1, 0.15) is 19.8 Å². The van der Waals surface area contributed by atoms with Gasteiger partial charge < -0.3 is 9.80 Å². The first kappa shape index (κ1) is 13.0. The molecule has 2 amide bonds. The van der Waals surface area contributed by atoms with E-state index in [2.05, 4.69) is 0 Å². The maximum absolute atomic E-state index is 12.3. The number of halogens is 2. The third-order valence-electron chi connectivity index (χ3n) is 3.92. The van der Waals surface area contributed by atoms with Crippen LogP contribution < -0.4 is 0 Å². The molecule has 0 unspecified atom stereocenters. The minimum atomic E-state index is -0.980. The molecule has 6 heteroatoms. The number of likely N-dealkylation sites (tertiary alicyclic amines) is 1. The molecule has 0 aromatic carbocycles. The van der Waals surface area contributed by atoms with Crippen LogP contribution in [0.5, 0.6) is 0 Å². The zero-order chi connectivity index (χ0) is 13.0. The number of carbonyl (C=O) groups is 2. The molecule has 0 N–H and O–H groups in total. The predicted molar refractivity (Wildman–Crippen MR) is 66.0 cm³/mol. The highest BCUT2D eigenvalue weighted by Crippen LogP contribution is 2.64. The highest BCUT2D eigenvalue weighted by atomic mass is 35.5. The molecule has 0 bridgehead atoms. The molecule has 2 aliphatic rings. The molecule has 2 fully saturated rings. The van der Waals surface area contributed by atoms with Crippen LogP contribution >= 0.6 is 23.2 Å². The second-order valence-corrected chi connectivity index (χ2v) is 6.68. The van der Waals surface area contributed by atoms with Gasteiger partial charge in [-0.3, -0.25) is 9.59 Å². The predicted octanol–water partition coefficient (Wildman–Crippen LogP) is 1.26. The minimum absolute atomic E-state index is 0.0140. The van der Waals surface area contributed by atoms with Crippen molar-refractivity contribution in [2.75, 3.05) is 20.6 Å². The monoisotopic (exact) mass is 278 g/mol. The highest BCUT2D eigenvalue weighted by molar-refractivity contribution is 6.53. The van der Waals surface area contributed by atoms with Gasteiger partial charge in [0.2, 0.25) is 11.8 Å². The molecular weight excluding hydrogens is 263 g/mol. The fourth-order valence-corrected chi connectivity index (χ4v) is 3.02. The third kappa shape index (κ3) is 1.82. The van der Waals surface area contributed by atoms with Crippen molar-refractivity contribution in [2.45, 2.75) is 30.1 Å². The van der Waals surface area contributed by atoms with Gasteiger partial charge in [0.1, 0.15) is 10.4 Å². The van der Waals surface area contributed by atoms with Crippen molar-refractivity contribution in [1.82, 2.24) is 9.80 Å². The summed E-state index contributed by atoms with van der Waals surface area (Å²) in [4.78, 5) is 27.2. The van der Waals surface area contributed by atoms with E-state index in [0.717, 1.165) is 0 Å². The van der Waals surface area contributed by atoms with Gasteiger partial charge in [-0.15, -0.1) is 23.2 Å². The van der Waals surface area contributed by atoms with E-state index in [9.17, 15) is 9.59 Å². The Balaban J connectivity index is 2.09. The molecule has 2 rings (SSSR count). The van der Waals surface area contributed by atoms with Crippen molar-refractivity contribution in [3.05, 3.63) is 0 Å². The number of alkyl halides is 2. The fraction of sp³-hybridized carbons (Fsp3) is 0.818. The molecule has 0 radical (unpaired) electrons. The third-order valence-corrected chi connectivity index (χ3v) is 5.02. The summed E-state index contributed by atoms with van der Waals surface area (Å²) in [6, 6.07) is -0.367. The Labute approximate surface area is 111 Å². The Morgan fingerprint density at radius 3 is 2.41 bits per heavy atom. The quantitative estimate of drug-likeness (QED) is 0.714. The van der Waals surface area contributed by atoms with E-state index >= 15 is 0 Å². The minimum Gasteiger partial charge on any atom is -0.344 e. The summed E-state index contributed by atoms with van der Waals surface area (Å²) < 4.78 is -0.980. The number of likely N-dealkylation sites (N-methyl/N-ethyl adjacent to an activating group) is 2. The first-order chi connectivity index (χ1) is 7.71. The van der Waals surface area contributed by atoms with Gasteiger partial charge in [-0.2, -0.15) is 0 Å². The van der Waals surface area contributed by atoms with Gasteiger partial charge in [-0.1, -0.05) is 0 Å². The van der Waals surface area contributed by atoms with Crippen LogP contribution in [0.2, 0.25) is 0 Å². The molecule has 1 aliphatic heterocycles. The van der Waals surface area contributed by atoms with Crippen LogP contribution in [0.4, 0.5) is 0 Å². The van der Waals surface area contributed by atoms with Gasteiger partial charge in [0.05, 0.1) is 5.41 Å². The number of carbonyl (C=O) groups excluding carboxylic acids is 2. The second kappa shape index (κ2) is 3.75. The van der Waals surface area contributed by atoms with Gasteiger partial charge in [-0.05, 0) is 19.8 Å². The van der Waals surface area contributed by atoms with Crippen molar-refractivity contribution in [3.8, 4) is 0 Å². The van der Waals surface area contributed by atoms with Crippen molar-refractivity contribution >= 4 is 35.0 Å². The second-order valence-electron chi connectivity index (χ2n) is 5.19. The fourth-order valence-electron chi connectivity index (χ4n) is 2.33. The Hall–Kier alpha value is -0.480. The Morgan fingerprint density at radius 1 is 1.53 bits per heavy atom. The standard InChI is InChI=1S/C11H16Cl2N2O2/c1-10(6-11(10,12)13)9(17)15(3)7-4-5-14(2)8(7)16/h7H,4-6H2,1-3H3/t7-,10-/m0/s1. The van der Waals surface area contributed by atoms with Crippen LogP contribution in [-0.4, -0.2) is 52.6 Å². The Morgan fingerprint density at radius 2 is 2.06 bits per heavy atom. The molecule has 0 spiro atoms. The highest BCUT2D eigenvalue weighted by Gasteiger charge is 2.69. The lowest BCUT2D eigenvalue weighted by Crippen LogP contribution is -2.45. The van der Waals surface area contributed by atoms with E-state index in [1.165, 1.54) is 4.90 Å². The SMILES string of the molecule is CN1CC[C@H](N(C)C(=O)[C@]2(C)CC2(Cl)Cl)C1=O. The van der Waals surface area contributed by atoms with Gasteiger partial charge in [0.25, 0.3) is 0 Å². The van der Waals surface area contributed by atoms with Crippen LogP contribution in [0.3, 0.4) is 0 Å². The average Bonchev–Trinajstić information content (AvgIpc) is 2.58. The van der Waals surface area contributed by atoms with E-state index in [1.54, 1.807) is 25.9 Å². The van der Waals surface area contributed by atoms with Crippen molar-refractivity contribution in [3.63, 3.8) is 0 Å². The summed E-state index contributed by atoms with van der Waals surface area (Å²) in [6.07, 6.45) is 1.12. The summed E-state index contributed by atoms with van der Waals surface area (Å²) >= 11 is 12.0. The summed E-state index contributed by atoms with van der Waals surface area (Å²) in [6.45, 7) is 2.43. The number of hydrogen-bond acceptors (Lipinski definition) is 2. The van der Waals surface area contributed by atoms with Gasteiger partial charge in [0, 0.05) is 20.6 Å². The van der Waals surface area contributed by atoms with Crippen LogP contribution in [-0.2, 0) is 9.59 Å². The molecule has 1 saturated carbocycles. The summed E-state index contributed by atoms with van der Waals surface area (Å²) in [5.74, 6) is -0.156. The lowest BCUT2D eigenvalue weighted by atomic mass is 10.1. The van der Waals surface area contributed by atoms with Gasteiger partial charge in [-0.25, -0.2) is 0 Å². The zero-order valence-electron chi connectivity index (χ0n) is 10.2. The number of nitrogens with zero attached hydrogens (tertiary/aromatic N) is 2. The van der Waals surface area contributed by atoms with Crippen LogP contribution in [0, 0.1) is 5.41 Å². The molecule has 1 heterocycles. The molecule has 17 heavy (non-hydrogen) atoms. The maximum Gasteiger partial charge on any atom is 0.245 e. The summed E-state index contributed by atoms with van der Waals surface area (Å²) in [5.41, 5.74) is -0.744. The first-order valence-electron chi connectivity index (χ1n) is 5.61. The molecule has 2 atom stereocenters. The van der Waals surface area contributed by atoms with Gasteiger partial charge >= 0.3 is 0 Å². The van der Waals surface area contributed by atoms with E-state index in [1.807, 2.05) is 0 Å². The maximum atomic E-state index is 12.3. The molecule has 1 saturated heterocycles. The zero-order valence-corrected chi connectivity index (χ0v) is 11.7.